The Morgan fingerprint density at radius 3 is 2.74 bits per heavy atom. The summed E-state index contributed by atoms with van der Waals surface area (Å²) in [5, 5.41) is 9.35. The van der Waals surface area contributed by atoms with Gasteiger partial charge < -0.3 is 0 Å². The molecular formula is C14H13N3S2. The van der Waals surface area contributed by atoms with Gasteiger partial charge in [0.05, 0.1) is 11.4 Å². The topological polar surface area (TPSA) is 33.6 Å². The molecule has 0 amide bonds. The van der Waals surface area contributed by atoms with Gasteiger partial charge in [-0.25, -0.2) is 0 Å². The predicted molar refractivity (Wildman–Crippen MR) is 81.0 cm³/mol. The van der Waals surface area contributed by atoms with Crippen molar-refractivity contribution in [1.29, 1.82) is 0 Å². The second kappa shape index (κ2) is 5.11. The Bertz CT molecular complexity index is 737. The summed E-state index contributed by atoms with van der Waals surface area (Å²) in [6.07, 6.45) is 0. The first kappa shape index (κ1) is 12.3. The minimum atomic E-state index is 0.659. The zero-order valence-corrected chi connectivity index (χ0v) is 12.1. The van der Waals surface area contributed by atoms with Gasteiger partial charge in [-0.2, -0.15) is 5.10 Å². The fourth-order valence-corrected chi connectivity index (χ4v) is 3.13. The van der Waals surface area contributed by atoms with Crippen LogP contribution >= 0.6 is 23.6 Å². The number of H-pyrrole nitrogens is 1. The van der Waals surface area contributed by atoms with Crippen molar-refractivity contribution < 1.29 is 0 Å². The predicted octanol–water partition coefficient (Wildman–Crippen LogP) is 4.03. The van der Waals surface area contributed by atoms with E-state index in [4.69, 9.17) is 12.2 Å². The molecule has 1 aromatic carbocycles. The van der Waals surface area contributed by atoms with Crippen LogP contribution in [0.4, 0.5) is 0 Å². The second-order valence-corrected chi connectivity index (χ2v) is 5.66. The lowest BCUT2D eigenvalue weighted by Gasteiger charge is -2.06. The SMILES string of the molecule is Cc1ccsc1-c1n[nH]c(=S)n1Cc1ccccc1. The molecule has 3 aromatic rings. The van der Waals surface area contributed by atoms with E-state index in [0.717, 1.165) is 12.4 Å². The van der Waals surface area contributed by atoms with E-state index in [2.05, 4.69) is 40.7 Å². The average Bonchev–Trinajstić information content (AvgIpc) is 2.99. The van der Waals surface area contributed by atoms with E-state index in [1.165, 1.54) is 16.0 Å². The lowest BCUT2D eigenvalue weighted by Crippen LogP contribution is -2.02. The van der Waals surface area contributed by atoms with Crippen LogP contribution in [-0.4, -0.2) is 14.8 Å². The molecule has 3 nitrogen and oxygen atoms in total. The van der Waals surface area contributed by atoms with E-state index >= 15 is 0 Å². The van der Waals surface area contributed by atoms with Crippen molar-refractivity contribution in [2.45, 2.75) is 13.5 Å². The van der Waals surface area contributed by atoms with E-state index in [1.54, 1.807) is 11.3 Å². The second-order valence-electron chi connectivity index (χ2n) is 4.36. The molecule has 2 heterocycles. The van der Waals surface area contributed by atoms with Crippen LogP contribution < -0.4 is 0 Å². The Kier molecular flexibility index (Phi) is 3.31. The number of thiophene rings is 1. The van der Waals surface area contributed by atoms with Crippen molar-refractivity contribution in [3.8, 4) is 10.7 Å². The largest absolute Gasteiger partial charge is 0.295 e. The molecule has 0 aliphatic rings. The van der Waals surface area contributed by atoms with Crippen LogP contribution in [0.2, 0.25) is 0 Å². The maximum absolute atomic E-state index is 5.34. The van der Waals surface area contributed by atoms with Crippen molar-refractivity contribution in [2.24, 2.45) is 0 Å². The molecule has 0 bridgehead atoms. The lowest BCUT2D eigenvalue weighted by atomic mass is 10.2. The number of hydrogen-bond acceptors (Lipinski definition) is 3. The molecule has 0 aliphatic carbocycles. The van der Waals surface area contributed by atoms with E-state index in [9.17, 15) is 0 Å². The van der Waals surface area contributed by atoms with Crippen molar-refractivity contribution >= 4 is 23.6 Å². The highest BCUT2D eigenvalue weighted by atomic mass is 32.1. The Hall–Kier alpha value is -1.72. The van der Waals surface area contributed by atoms with Gasteiger partial charge in [0, 0.05) is 0 Å². The smallest absolute Gasteiger partial charge is 0.195 e. The summed E-state index contributed by atoms with van der Waals surface area (Å²) in [4.78, 5) is 1.17. The van der Waals surface area contributed by atoms with Gasteiger partial charge in [0.2, 0.25) is 0 Å². The van der Waals surface area contributed by atoms with Crippen LogP contribution in [0.25, 0.3) is 10.7 Å². The van der Waals surface area contributed by atoms with Crippen LogP contribution in [-0.2, 0) is 6.54 Å². The quantitative estimate of drug-likeness (QED) is 0.738. The number of benzene rings is 1. The Balaban J connectivity index is 2.05. The monoisotopic (exact) mass is 287 g/mol. The zero-order valence-electron chi connectivity index (χ0n) is 10.5. The molecule has 0 radical (unpaired) electrons. The summed E-state index contributed by atoms with van der Waals surface area (Å²) >= 11 is 7.03. The molecule has 0 saturated heterocycles. The van der Waals surface area contributed by atoms with Crippen molar-refractivity contribution in [2.75, 3.05) is 0 Å². The number of hydrogen-bond donors (Lipinski definition) is 1. The third kappa shape index (κ3) is 2.39. The Morgan fingerprint density at radius 2 is 2.05 bits per heavy atom. The third-order valence-electron chi connectivity index (χ3n) is 3.01. The summed E-state index contributed by atoms with van der Waals surface area (Å²) in [5.41, 5.74) is 2.45. The maximum Gasteiger partial charge on any atom is 0.195 e. The minimum absolute atomic E-state index is 0.659. The number of nitrogens with one attached hydrogen (secondary N) is 1. The van der Waals surface area contributed by atoms with Crippen LogP contribution in [0, 0.1) is 11.7 Å². The highest BCUT2D eigenvalue weighted by Crippen LogP contribution is 2.27. The number of rotatable bonds is 3. The van der Waals surface area contributed by atoms with E-state index in [0.29, 0.717) is 4.77 Å². The molecule has 0 saturated carbocycles. The fourth-order valence-electron chi connectivity index (χ4n) is 2.01. The molecule has 5 heteroatoms. The summed E-state index contributed by atoms with van der Waals surface area (Å²) in [6.45, 7) is 2.83. The molecule has 19 heavy (non-hydrogen) atoms. The van der Waals surface area contributed by atoms with Crippen LogP contribution in [0.15, 0.2) is 41.8 Å². The number of nitrogens with zero attached hydrogens (tertiary/aromatic N) is 2. The van der Waals surface area contributed by atoms with Crippen LogP contribution in [0.5, 0.6) is 0 Å². The van der Waals surface area contributed by atoms with Crippen molar-refractivity contribution in [1.82, 2.24) is 14.8 Å². The number of aryl methyl sites for hydroxylation is 1. The van der Waals surface area contributed by atoms with Gasteiger partial charge in [-0.05, 0) is 41.7 Å². The molecule has 96 valence electrons. The first-order valence-electron chi connectivity index (χ1n) is 5.99. The van der Waals surface area contributed by atoms with Gasteiger partial charge >= 0.3 is 0 Å². The minimum Gasteiger partial charge on any atom is -0.295 e. The lowest BCUT2D eigenvalue weighted by molar-refractivity contribution is 0.791. The molecule has 0 atom stereocenters. The van der Waals surface area contributed by atoms with Crippen molar-refractivity contribution in [3.63, 3.8) is 0 Å². The number of aromatic nitrogens is 3. The molecule has 3 rings (SSSR count). The van der Waals surface area contributed by atoms with Crippen LogP contribution in [0.1, 0.15) is 11.1 Å². The van der Waals surface area contributed by atoms with E-state index in [-0.39, 0.29) is 0 Å². The molecule has 0 unspecified atom stereocenters. The highest BCUT2D eigenvalue weighted by molar-refractivity contribution is 7.71. The highest BCUT2D eigenvalue weighted by Gasteiger charge is 2.12. The molecule has 1 N–H and O–H groups in total. The third-order valence-corrected chi connectivity index (χ3v) is 4.33. The molecule has 2 aromatic heterocycles. The molecule has 0 fully saturated rings. The van der Waals surface area contributed by atoms with E-state index < -0.39 is 0 Å². The molecule has 0 spiro atoms. The Morgan fingerprint density at radius 1 is 1.26 bits per heavy atom. The van der Waals surface area contributed by atoms with Gasteiger partial charge in [-0.15, -0.1) is 11.3 Å². The van der Waals surface area contributed by atoms with E-state index in [1.807, 2.05) is 22.8 Å². The van der Waals surface area contributed by atoms with Crippen molar-refractivity contribution in [3.05, 3.63) is 57.7 Å². The van der Waals surface area contributed by atoms with Gasteiger partial charge in [-0.1, -0.05) is 30.3 Å². The summed E-state index contributed by atoms with van der Waals surface area (Å²) in [6, 6.07) is 12.4. The van der Waals surface area contributed by atoms with Gasteiger partial charge in [0.15, 0.2) is 10.6 Å². The van der Waals surface area contributed by atoms with Gasteiger partial charge in [0.1, 0.15) is 0 Å². The summed E-state index contributed by atoms with van der Waals surface area (Å²) in [5.74, 6) is 0.918. The zero-order chi connectivity index (χ0) is 13.2. The van der Waals surface area contributed by atoms with Gasteiger partial charge in [-0.3, -0.25) is 9.67 Å². The van der Waals surface area contributed by atoms with Crippen LogP contribution in [0.3, 0.4) is 0 Å². The number of aromatic amines is 1. The fraction of sp³-hybridized carbons (Fsp3) is 0.143. The summed E-state index contributed by atoms with van der Waals surface area (Å²) < 4.78 is 2.70. The summed E-state index contributed by atoms with van der Waals surface area (Å²) in [7, 11) is 0. The Labute approximate surface area is 120 Å². The van der Waals surface area contributed by atoms with Gasteiger partial charge in [0.25, 0.3) is 0 Å². The maximum atomic E-state index is 5.34. The first-order chi connectivity index (χ1) is 9.25. The normalized spacial score (nSPS) is 10.8. The molecular weight excluding hydrogens is 274 g/mol. The molecule has 0 aliphatic heterocycles. The average molecular weight is 287 g/mol. The standard InChI is InChI=1S/C14H13N3S2/c1-10-7-8-19-12(10)13-15-16-14(18)17(13)9-11-5-3-2-4-6-11/h2-8H,9H2,1H3,(H,16,18). The first-order valence-corrected chi connectivity index (χ1v) is 7.28.